The molecule has 1 aromatic heterocycles. The summed E-state index contributed by atoms with van der Waals surface area (Å²) in [7, 11) is -4.02. The number of nitrogens with two attached hydrogens (primary N) is 1. The molecule has 0 saturated carbocycles. The van der Waals surface area contributed by atoms with Crippen LogP contribution in [0.15, 0.2) is 41.4 Å². The highest BCUT2D eigenvalue weighted by Gasteiger charge is 2.06. The van der Waals surface area contributed by atoms with Gasteiger partial charge in [0.2, 0.25) is 0 Å². The number of hydrogen-bond donors (Lipinski definition) is 2. The number of pyridine rings is 1. The highest BCUT2D eigenvalue weighted by Crippen LogP contribution is 2.10. The minimum atomic E-state index is -4.02. The Morgan fingerprint density at radius 3 is 2.00 bits per heavy atom. The first-order valence-corrected chi connectivity index (χ1v) is 7.37. The molecule has 1 aromatic carbocycles. The molecule has 0 aliphatic heterocycles. The Labute approximate surface area is 119 Å². The van der Waals surface area contributed by atoms with E-state index in [9.17, 15) is 8.42 Å². The van der Waals surface area contributed by atoms with Crippen molar-refractivity contribution in [1.29, 1.82) is 0 Å². The molecule has 1 heterocycles. The van der Waals surface area contributed by atoms with Gasteiger partial charge in [0, 0.05) is 6.20 Å². The molecule has 0 atom stereocenters. The van der Waals surface area contributed by atoms with Crippen LogP contribution in [0, 0.1) is 20.8 Å². The van der Waals surface area contributed by atoms with Crippen LogP contribution in [0.1, 0.15) is 16.7 Å². The third kappa shape index (κ3) is 4.64. The molecule has 108 valence electrons. The normalized spacial score (nSPS) is 10.6. The lowest BCUT2D eigenvalue weighted by Gasteiger charge is -1.99. The average molecular weight is 294 g/mol. The van der Waals surface area contributed by atoms with Crippen molar-refractivity contribution in [2.75, 3.05) is 5.73 Å². The molecule has 2 aromatic rings. The first-order valence-electron chi connectivity index (χ1n) is 5.93. The van der Waals surface area contributed by atoms with E-state index in [1.54, 1.807) is 18.3 Å². The average Bonchev–Trinajstić information content (AvgIpc) is 2.36. The molecule has 20 heavy (non-hydrogen) atoms. The first-order chi connectivity index (χ1) is 9.21. The number of rotatable bonds is 1. The number of benzene rings is 1. The van der Waals surface area contributed by atoms with Crippen molar-refractivity contribution in [2.45, 2.75) is 25.7 Å². The molecule has 6 heteroatoms. The minimum absolute atomic E-state index is 0.0666. The summed E-state index contributed by atoms with van der Waals surface area (Å²) in [6.45, 7) is 5.83. The summed E-state index contributed by atoms with van der Waals surface area (Å²) in [4.78, 5) is 3.85. The largest absolute Gasteiger partial charge is 0.383 e. The van der Waals surface area contributed by atoms with Gasteiger partial charge in [0.05, 0.1) is 4.90 Å². The Balaban J connectivity index is 0.000000204. The fourth-order valence-electron chi connectivity index (χ4n) is 1.36. The second-order valence-electron chi connectivity index (χ2n) is 4.43. The van der Waals surface area contributed by atoms with Crippen LogP contribution >= 0.6 is 0 Å². The number of nitrogens with zero attached hydrogens (tertiary/aromatic N) is 1. The van der Waals surface area contributed by atoms with E-state index in [4.69, 9.17) is 10.3 Å². The highest BCUT2D eigenvalue weighted by molar-refractivity contribution is 7.85. The van der Waals surface area contributed by atoms with Crippen LogP contribution in [0.25, 0.3) is 0 Å². The van der Waals surface area contributed by atoms with Gasteiger partial charge >= 0.3 is 0 Å². The molecular weight excluding hydrogens is 276 g/mol. The van der Waals surface area contributed by atoms with Crippen LogP contribution in [0.3, 0.4) is 0 Å². The van der Waals surface area contributed by atoms with Crippen LogP contribution in [-0.4, -0.2) is 18.0 Å². The van der Waals surface area contributed by atoms with Crippen molar-refractivity contribution in [3.63, 3.8) is 0 Å². The molecule has 0 aliphatic carbocycles. The SMILES string of the molecule is Cc1ccc(S(=O)(=O)O)cc1.Cc1ccnc(N)c1C. The van der Waals surface area contributed by atoms with Crippen molar-refractivity contribution in [2.24, 2.45) is 0 Å². The third-order valence-corrected chi connectivity index (χ3v) is 3.70. The van der Waals surface area contributed by atoms with Crippen LogP contribution in [0.2, 0.25) is 0 Å². The predicted molar refractivity (Wildman–Crippen MR) is 79.1 cm³/mol. The summed E-state index contributed by atoms with van der Waals surface area (Å²) in [5.41, 5.74) is 8.74. The maximum Gasteiger partial charge on any atom is 0.294 e. The Bertz CT molecular complexity index is 660. The molecule has 0 unspecified atom stereocenters. The van der Waals surface area contributed by atoms with Gasteiger partial charge in [-0.2, -0.15) is 8.42 Å². The molecule has 0 saturated heterocycles. The molecule has 3 N–H and O–H groups in total. The molecule has 5 nitrogen and oxygen atoms in total. The smallest absolute Gasteiger partial charge is 0.294 e. The number of anilines is 1. The molecule has 0 aliphatic rings. The first kappa shape index (κ1) is 16.1. The van der Waals surface area contributed by atoms with Gasteiger partial charge in [-0.05, 0) is 50.1 Å². The van der Waals surface area contributed by atoms with E-state index in [2.05, 4.69) is 4.98 Å². The fraction of sp³-hybridized carbons (Fsp3) is 0.214. The molecule has 0 radical (unpaired) electrons. The number of nitrogen functional groups attached to an aromatic ring is 1. The minimum Gasteiger partial charge on any atom is -0.383 e. The Kier molecular flexibility index (Phi) is 5.24. The molecule has 0 bridgehead atoms. The van der Waals surface area contributed by atoms with Gasteiger partial charge in [0.15, 0.2) is 0 Å². The van der Waals surface area contributed by atoms with Gasteiger partial charge in [-0.25, -0.2) is 4.98 Å². The zero-order chi connectivity index (χ0) is 15.3. The standard InChI is InChI=1S/C7H10N2.C7H8O3S/c1-5-3-4-9-7(8)6(5)2;1-6-2-4-7(5-3-6)11(8,9)10/h3-4H,1-2H3,(H2,8,9);2-5H,1H3,(H,8,9,10). The van der Waals surface area contributed by atoms with E-state index in [0.29, 0.717) is 5.82 Å². The van der Waals surface area contributed by atoms with Crippen LogP contribution in [-0.2, 0) is 10.1 Å². The summed E-state index contributed by atoms with van der Waals surface area (Å²) in [6, 6.07) is 7.94. The van der Waals surface area contributed by atoms with Gasteiger partial charge in [-0.3, -0.25) is 4.55 Å². The summed E-state index contributed by atoms with van der Waals surface area (Å²) in [5.74, 6) is 0.634. The molecule has 0 amide bonds. The van der Waals surface area contributed by atoms with E-state index in [-0.39, 0.29) is 4.90 Å². The van der Waals surface area contributed by atoms with E-state index in [1.807, 2.05) is 26.8 Å². The van der Waals surface area contributed by atoms with Crippen molar-refractivity contribution >= 4 is 15.9 Å². The number of aromatic nitrogens is 1. The Morgan fingerprint density at radius 2 is 1.60 bits per heavy atom. The number of hydrogen-bond acceptors (Lipinski definition) is 4. The Morgan fingerprint density at radius 1 is 1.05 bits per heavy atom. The predicted octanol–water partition coefficient (Wildman–Crippen LogP) is 2.52. The number of aryl methyl sites for hydroxylation is 2. The van der Waals surface area contributed by atoms with Crippen molar-refractivity contribution in [1.82, 2.24) is 4.98 Å². The molecular formula is C14H18N2O3S. The van der Waals surface area contributed by atoms with Crippen molar-refractivity contribution in [3.05, 3.63) is 53.2 Å². The van der Waals surface area contributed by atoms with Crippen LogP contribution < -0.4 is 5.73 Å². The highest BCUT2D eigenvalue weighted by atomic mass is 32.2. The summed E-state index contributed by atoms with van der Waals surface area (Å²) < 4.78 is 29.6. The topological polar surface area (TPSA) is 93.3 Å². The van der Waals surface area contributed by atoms with Gasteiger partial charge in [0.1, 0.15) is 5.82 Å². The van der Waals surface area contributed by atoms with Gasteiger partial charge in [-0.15, -0.1) is 0 Å². The zero-order valence-corrected chi connectivity index (χ0v) is 12.5. The lowest BCUT2D eigenvalue weighted by molar-refractivity contribution is 0.483. The van der Waals surface area contributed by atoms with Crippen molar-refractivity contribution < 1.29 is 13.0 Å². The summed E-state index contributed by atoms with van der Waals surface area (Å²) >= 11 is 0. The zero-order valence-electron chi connectivity index (χ0n) is 11.7. The quantitative estimate of drug-likeness (QED) is 0.788. The molecule has 0 fully saturated rings. The van der Waals surface area contributed by atoms with Gasteiger partial charge in [-0.1, -0.05) is 17.7 Å². The third-order valence-electron chi connectivity index (χ3n) is 2.83. The summed E-state index contributed by atoms with van der Waals surface area (Å²) in [6.07, 6.45) is 1.72. The van der Waals surface area contributed by atoms with Gasteiger partial charge in [0.25, 0.3) is 10.1 Å². The maximum atomic E-state index is 10.5. The van der Waals surface area contributed by atoms with E-state index >= 15 is 0 Å². The van der Waals surface area contributed by atoms with Crippen LogP contribution in [0.4, 0.5) is 5.82 Å². The second-order valence-corrected chi connectivity index (χ2v) is 5.85. The van der Waals surface area contributed by atoms with E-state index in [0.717, 1.165) is 11.1 Å². The van der Waals surface area contributed by atoms with Crippen LogP contribution in [0.5, 0.6) is 0 Å². The maximum absolute atomic E-state index is 10.5. The Hall–Kier alpha value is -1.92. The second kappa shape index (κ2) is 6.49. The molecule has 2 rings (SSSR count). The lowest BCUT2D eigenvalue weighted by atomic mass is 10.2. The fourth-order valence-corrected chi connectivity index (χ4v) is 1.84. The summed E-state index contributed by atoms with van der Waals surface area (Å²) in [5, 5.41) is 0. The monoisotopic (exact) mass is 294 g/mol. The van der Waals surface area contributed by atoms with E-state index < -0.39 is 10.1 Å². The molecule has 0 spiro atoms. The lowest BCUT2D eigenvalue weighted by Crippen LogP contribution is -1.96. The van der Waals surface area contributed by atoms with Gasteiger partial charge < -0.3 is 5.73 Å². The van der Waals surface area contributed by atoms with Crippen molar-refractivity contribution in [3.8, 4) is 0 Å². The van der Waals surface area contributed by atoms with E-state index in [1.165, 1.54) is 17.7 Å².